The Kier molecular flexibility index (Phi) is 5.19. The standard InChI is InChI=1S/C22H21ClN4O4S/c1-30-20-11-17-15(9-21(20)32(28,29)13-4-6-31-7-5-13)16(24)10-19(25-17)22-14-3-2-12(23)8-18(14)26-27-22/h2-3,8-11,13H,4-7H2,1H3,(H2,24,25)(H,26,27). The van der Waals surface area contributed by atoms with Crippen molar-refractivity contribution in [1.82, 2.24) is 15.2 Å². The van der Waals surface area contributed by atoms with Gasteiger partial charge < -0.3 is 15.2 Å². The Morgan fingerprint density at radius 3 is 2.69 bits per heavy atom. The maximum absolute atomic E-state index is 13.3. The number of pyridine rings is 1. The number of aromatic amines is 1. The third-order valence-corrected chi connectivity index (χ3v) is 8.32. The Balaban J connectivity index is 1.66. The van der Waals surface area contributed by atoms with Crippen LogP contribution in [0.4, 0.5) is 5.69 Å². The topological polar surface area (TPSA) is 120 Å². The summed E-state index contributed by atoms with van der Waals surface area (Å²) in [5, 5.41) is 8.81. The Morgan fingerprint density at radius 2 is 1.94 bits per heavy atom. The molecular weight excluding hydrogens is 452 g/mol. The second kappa shape index (κ2) is 7.91. The number of anilines is 1. The number of sulfone groups is 1. The molecule has 0 aliphatic carbocycles. The molecule has 32 heavy (non-hydrogen) atoms. The SMILES string of the molecule is COc1cc2nc(-c3n[nH]c4cc(Cl)ccc34)cc(N)c2cc1S(=O)(=O)C1CCOCC1. The van der Waals surface area contributed by atoms with Gasteiger partial charge in [-0.15, -0.1) is 0 Å². The van der Waals surface area contributed by atoms with Crippen molar-refractivity contribution < 1.29 is 17.9 Å². The van der Waals surface area contributed by atoms with Gasteiger partial charge in [0.2, 0.25) is 0 Å². The average molecular weight is 473 g/mol. The van der Waals surface area contributed by atoms with Gasteiger partial charge in [-0.2, -0.15) is 5.10 Å². The highest BCUT2D eigenvalue weighted by atomic mass is 35.5. The lowest BCUT2D eigenvalue weighted by Crippen LogP contribution is -2.29. The molecule has 0 radical (unpaired) electrons. The largest absolute Gasteiger partial charge is 0.495 e. The Hall–Kier alpha value is -2.88. The summed E-state index contributed by atoms with van der Waals surface area (Å²) in [4.78, 5) is 4.83. The molecule has 2 aromatic heterocycles. The molecule has 0 amide bonds. The predicted molar refractivity (Wildman–Crippen MR) is 124 cm³/mol. The first-order valence-electron chi connectivity index (χ1n) is 10.1. The lowest BCUT2D eigenvalue weighted by atomic mass is 10.1. The summed E-state index contributed by atoms with van der Waals surface area (Å²) in [5.41, 5.74) is 9.25. The number of nitrogens with one attached hydrogen (secondary N) is 1. The molecule has 3 heterocycles. The van der Waals surface area contributed by atoms with E-state index in [0.717, 1.165) is 10.9 Å². The minimum Gasteiger partial charge on any atom is -0.495 e. The van der Waals surface area contributed by atoms with E-state index in [-0.39, 0.29) is 10.6 Å². The number of nitrogen functional groups attached to an aromatic ring is 1. The minimum absolute atomic E-state index is 0.125. The molecule has 0 spiro atoms. The summed E-state index contributed by atoms with van der Waals surface area (Å²) < 4.78 is 37.4. The van der Waals surface area contributed by atoms with Gasteiger partial charge in [0.05, 0.1) is 29.1 Å². The van der Waals surface area contributed by atoms with E-state index in [2.05, 4.69) is 10.2 Å². The third-order valence-electron chi connectivity index (χ3n) is 5.81. The normalized spacial score (nSPS) is 15.4. The van der Waals surface area contributed by atoms with Gasteiger partial charge in [0.15, 0.2) is 9.84 Å². The highest BCUT2D eigenvalue weighted by Gasteiger charge is 2.32. The van der Waals surface area contributed by atoms with Crippen LogP contribution in [-0.4, -0.2) is 49.2 Å². The molecule has 8 nitrogen and oxygen atoms in total. The number of methoxy groups -OCH3 is 1. The van der Waals surface area contributed by atoms with Crippen LogP contribution in [0, 0.1) is 0 Å². The van der Waals surface area contributed by atoms with Gasteiger partial charge in [-0.05, 0) is 43.2 Å². The zero-order valence-electron chi connectivity index (χ0n) is 17.3. The maximum Gasteiger partial charge on any atom is 0.185 e. The molecule has 3 N–H and O–H groups in total. The summed E-state index contributed by atoms with van der Waals surface area (Å²) >= 11 is 6.07. The molecule has 4 aromatic rings. The molecule has 0 unspecified atom stereocenters. The van der Waals surface area contributed by atoms with Gasteiger partial charge in [-0.25, -0.2) is 13.4 Å². The molecule has 166 valence electrons. The fourth-order valence-corrected chi connectivity index (χ4v) is 6.17. The number of fused-ring (bicyclic) bond motifs is 2. The molecule has 1 saturated heterocycles. The number of ether oxygens (including phenoxy) is 2. The van der Waals surface area contributed by atoms with Crippen molar-refractivity contribution in [3.63, 3.8) is 0 Å². The van der Waals surface area contributed by atoms with E-state index in [9.17, 15) is 8.42 Å². The molecule has 1 aliphatic heterocycles. The highest BCUT2D eigenvalue weighted by molar-refractivity contribution is 7.92. The van der Waals surface area contributed by atoms with Crippen LogP contribution in [-0.2, 0) is 14.6 Å². The number of hydrogen-bond acceptors (Lipinski definition) is 7. The predicted octanol–water partition coefficient (Wildman–Crippen LogP) is 3.98. The van der Waals surface area contributed by atoms with Crippen molar-refractivity contribution in [3.8, 4) is 17.1 Å². The van der Waals surface area contributed by atoms with Crippen molar-refractivity contribution in [2.24, 2.45) is 0 Å². The maximum atomic E-state index is 13.3. The second-order valence-corrected chi connectivity index (χ2v) is 10.4. The molecule has 0 saturated carbocycles. The number of hydrogen-bond donors (Lipinski definition) is 2. The highest BCUT2D eigenvalue weighted by Crippen LogP contribution is 2.37. The van der Waals surface area contributed by atoms with Crippen molar-refractivity contribution in [3.05, 3.63) is 41.4 Å². The van der Waals surface area contributed by atoms with E-state index in [1.807, 2.05) is 6.07 Å². The Morgan fingerprint density at radius 1 is 1.16 bits per heavy atom. The molecule has 0 bridgehead atoms. The van der Waals surface area contributed by atoms with Gasteiger partial charge in [0, 0.05) is 40.8 Å². The van der Waals surface area contributed by atoms with Gasteiger partial charge in [-0.1, -0.05) is 11.6 Å². The van der Waals surface area contributed by atoms with E-state index in [1.165, 1.54) is 7.11 Å². The van der Waals surface area contributed by atoms with Crippen LogP contribution in [0.25, 0.3) is 33.2 Å². The molecule has 10 heteroatoms. The minimum atomic E-state index is -3.62. The Labute approximate surface area is 189 Å². The van der Waals surface area contributed by atoms with Crippen LogP contribution in [0.3, 0.4) is 0 Å². The first-order chi connectivity index (χ1) is 15.4. The fourth-order valence-electron chi connectivity index (χ4n) is 4.12. The van der Waals surface area contributed by atoms with Gasteiger partial charge in [-0.3, -0.25) is 5.10 Å². The molecule has 1 fully saturated rings. The average Bonchev–Trinajstić information content (AvgIpc) is 3.21. The summed E-state index contributed by atoms with van der Waals surface area (Å²) in [6.07, 6.45) is 0.902. The summed E-state index contributed by atoms with van der Waals surface area (Å²) in [5.74, 6) is 0.242. The second-order valence-electron chi connectivity index (χ2n) is 7.74. The lowest BCUT2D eigenvalue weighted by molar-refractivity contribution is 0.0983. The van der Waals surface area contributed by atoms with E-state index < -0.39 is 15.1 Å². The molecule has 2 aromatic carbocycles. The third kappa shape index (κ3) is 3.46. The van der Waals surface area contributed by atoms with Crippen molar-refractivity contribution in [2.75, 3.05) is 26.1 Å². The lowest BCUT2D eigenvalue weighted by Gasteiger charge is -2.23. The quantitative estimate of drug-likeness (QED) is 0.461. The number of halogens is 1. The van der Waals surface area contributed by atoms with Crippen LogP contribution in [0.15, 0.2) is 41.3 Å². The van der Waals surface area contributed by atoms with Gasteiger partial charge in [0.25, 0.3) is 0 Å². The first kappa shape index (κ1) is 21.0. The van der Waals surface area contributed by atoms with Crippen molar-refractivity contribution >= 4 is 48.9 Å². The van der Waals surface area contributed by atoms with Crippen LogP contribution >= 0.6 is 11.6 Å². The molecule has 5 rings (SSSR count). The first-order valence-corrected chi connectivity index (χ1v) is 12.0. The number of H-pyrrole nitrogens is 1. The zero-order valence-corrected chi connectivity index (χ0v) is 18.8. The van der Waals surface area contributed by atoms with Crippen LogP contribution in [0.2, 0.25) is 5.02 Å². The summed E-state index contributed by atoms with van der Waals surface area (Å²) in [6, 6.07) is 10.3. The van der Waals surface area contributed by atoms with Crippen molar-refractivity contribution in [1.29, 1.82) is 0 Å². The van der Waals surface area contributed by atoms with E-state index in [4.69, 9.17) is 31.8 Å². The smallest absolute Gasteiger partial charge is 0.185 e. The molecule has 0 atom stereocenters. The zero-order chi connectivity index (χ0) is 22.5. The number of aromatic nitrogens is 3. The number of rotatable bonds is 4. The number of nitrogens with zero attached hydrogens (tertiary/aromatic N) is 2. The van der Waals surface area contributed by atoms with Gasteiger partial charge >= 0.3 is 0 Å². The monoisotopic (exact) mass is 472 g/mol. The van der Waals surface area contributed by atoms with Gasteiger partial charge in [0.1, 0.15) is 16.3 Å². The molecule has 1 aliphatic rings. The fraction of sp³-hybridized carbons (Fsp3) is 0.273. The van der Waals surface area contributed by atoms with Crippen LogP contribution in [0.1, 0.15) is 12.8 Å². The number of nitrogens with two attached hydrogens (primary N) is 1. The molecular formula is C22H21ClN4O4S. The van der Waals surface area contributed by atoms with E-state index >= 15 is 0 Å². The Bertz CT molecular complexity index is 1450. The van der Waals surface area contributed by atoms with Crippen LogP contribution in [0.5, 0.6) is 5.75 Å². The van der Waals surface area contributed by atoms with Crippen LogP contribution < -0.4 is 10.5 Å². The summed E-state index contributed by atoms with van der Waals surface area (Å²) in [6.45, 7) is 0.853. The van der Waals surface area contributed by atoms with E-state index in [0.29, 0.717) is 59.1 Å². The summed E-state index contributed by atoms with van der Waals surface area (Å²) in [7, 11) is -2.17. The number of benzene rings is 2. The van der Waals surface area contributed by atoms with E-state index in [1.54, 1.807) is 30.3 Å². The van der Waals surface area contributed by atoms with Crippen molar-refractivity contribution in [2.45, 2.75) is 23.0 Å².